The maximum absolute atomic E-state index is 9.90. The average molecular weight is 143 g/mol. The van der Waals surface area contributed by atoms with E-state index >= 15 is 0 Å². The van der Waals surface area contributed by atoms with Crippen LogP contribution in [0, 0.1) is 10.1 Å². The second-order valence-electron chi connectivity index (χ2n) is 1.65. The molecule has 0 saturated heterocycles. The Morgan fingerprint density at radius 2 is 2.30 bits per heavy atom. The Hall–Kier alpha value is -1.32. The Bertz CT molecular complexity index is 183. The summed E-state index contributed by atoms with van der Waals surface area (Å²) in [5, 5.41) is 9.90. The Morgan fingerprint density at radius 3 is 2.60 bits per heavy atom. The molecule has 0 aromatic heterocycles. The van der Waals surface area contributed by atoms with E-state index in [2.05, 4.69) is 11.3 Å². The molecule has 0 aromatic rings. The molecule has 0 N–H and O–H groups in total. The predicted molar refractivity (Wildman–Crippen MR) is 36.7 cm³/mol. The van der Waals surface area contributed by atoms with Crippen molar-refractivity contribution in [1.82, 2.24) is 0 Å². The smallest absolute Gasteiger partial charge is 0.407 e. The molecule has 0 heterocycles. The third-order valence-corrected chi connectivity index (χ3v) is 0.889. The number of ether oxygens (including phenoxy) is 1. The van der Waals surface area contributed by atoms with Gasteiger partial charge in [-0.3, -0.25) is 10.1 Å². The van der Waals surface area contributed by atoms with Crippen molar-refractivity contribution in [1.29, 1.82) is 0 Å². The van der Waals surface area contributed by atoms with E-state index in [1.54, 1.807) is 19.9 Å². The molecule has 0 atom stereocenters. The molecule has 0 rings (SSSR count). The number of hydrogen-bond acceptors (Lipinski definition) is 3. The van der Waals surface area contributed by atoms with Crippen molar-refractivity contribution in [2.24, 2.45) is 0 Å². The highest BCUT2D eigenvalue weighted by molar-refractivity contribution is 4.88. The maximum Gasteiger partial charge on any atom is 0.425 e. The van der Waals surface area contributed by atoms with Gasteiger partial charge in [0.05, 0.1) is 0 Å². The number of nitro groups is 1. The van der Waals surface area contributed by atoms with Gasteiger partial charge in [0, 0.05) is 6.58 Å². The number of rotatable bonds is 3. The van der Waals surface area contributed by atoms with Crippen LogP contribution in [-0.4, -0.2) is 4.92 Å². The number of nitrogens with zero attached hydrogens (tertiary/aromatic N) is 1. The van der Waals surface area contributed by atoms with Gasteiger partial charge in [-0.05, 0) is 19.9 Å². The molecule has 4 heteroatoms. The van der Waals surface area contributed by atoms with Crippen molar-refractivity contribution in [3.63, 3.8) is 0 Å². The van der Waals surface area contributed by atoms with E-state index in [0.29, 0.717) is 5.76 Å². The fraction of sp³-hybridized carbons (Fsp3) is 0.333. The minimum atomic E-state index is -0.674. The van der Waals surface area contributed by atoms with Crippen LogP contribution in [0.3, 0.4) is 0 Å². The lowest BCUT2D eigenvalue weighted by Crippen LogP contribution is -1.99. The summed E-state index contributed by atoms with van der Waals surface area (Å²) >= 11 is 0. The molecule has 0 amide bonds. The first-order valence-electron chi connectivity index (χ1n) is 2.72. The molecule has 10 heavy (non-hydrogen) atoms. The first-order valence-corrected chi connectivity index (χ1v) is 2.72. The molecule has 0 unspecified atom stereocenters. The lowest BCUT2D eigenvalue weighted by molar-refractivity contribution is -0.459. The quantitative estimate of drug-likeness (QED) is 0.343. The van der Waals surface area contributed by atoms with E-state index in [-0.39, 0.29) is 0 Å². The van der Waals surface area contributed by atoms with Gasteiger partial charge in [0.2, 0.25) is 0 Å². The zero-order valence-corrected chi connectivity index (χ0v) is 5.96. The van der Waals surface area contributed by atoms with Gasteiger partial charge in [-0.15, -0.1) is 0 Å². The minimum Gasteiger partial charge on any atom is -0.407 e. The lowest BCUT2D eigenvalue weighted by Gasteiger charge is -1.98. The van der Waals surface area contributed by atoms with Crippen LogP contribution in [0.4, 0.5) is 0 Å². The molecular weight excluding hydrogens is 134 g/mol. The zero-order valence-electron chi connectivity index (χ0n) is 5.96. The van der Waals surface area contributed by atoms with Crippen molar-refractivity contribution >= 4 is 0 Å². The molecule has 0 fully saturated rings. The molecule has 0 aromatic carbocycles. The fourth-order valence-electron chi connectivity index (χ4n) is 0.282. The van der Waals surface area contributed by atoms with Gasteiger partial charge < -0.3 is 4.74 Å². The molecule has 0 aliphatic rings. The van der Waals surface area contributed by atoms with Gasteiger partial charge in [0.15, 0.2) is 0 Å². The van der Waals surface area contributed by atoms with E-state index in [1.807, 2.05) is 0 Å². The maximum atomic E-state index is 9.90. The molecular formula is C6H9NO3. The molecule has 4 nitrogen and oxygen atoms in total. The van der Waals surface area contributed by atoms with E-state index in [1.165, 1.54) is 0 Å². The summed E-state index contributed by atoms with van der Waals surface area (Å²) in [6, 6.07) is 0. The number of hydrogen-bond donors (Lipinski definition) is 0. The van der Waals surface area contributed by atoms with Crippen LogP contribution < -0.4 is 0 Å². The van der Waals surface area contributed by atoms with E-state index in [9.17, 15) is 10.1 Å². The second kappa shape index (κ2) is 3.66. The predicted octanol–water partition coefficient (Wildman–Crippen LogP) is 1.67. The Kier molecular flexibility index (Phi) is 3.17. The van der Waals surface area contributed by atoms with Crippen molar-refractivity contribution in [3.05, 3.63) is 34.4 Å². The third-order valence-electron chi connectivity index (χ3n) is 0.889. The van der Waals surface area contributed by atoms with Crippen LogP contribution in [0.2, 0.25) is 0 Å². The SMILES string of the molecule is C=C(O/C(C)=C\C)[N+](=O)[O-]. The van der Waals surface area contributed by atoms with Gasteiger partial charge in [0.25, 0.3) is 0 Å². The molecule has 0 bridgehead atoms. The van der Waals surface area contributed by atoms with Crippen molar-refractivity contribution < 1.29 is 9.66 Å². The van der Waals surface area contributed by atoms with Crippen LogP contribution >= 0.6 is 0 Å². The van der Waals surface area contributed by atoms with Gasteiger partial charge >= 0.3 is 5.88 Å². The summed E-state index contributed by atoms with van der Waals surface area (Å²) in [7, 11) is 0. The highest BCUT2D eigenvalue weighted by Crippen LogP contribution is 2.02. The molecule has 0 radical (unpaired) electrons. The van der Waals surface area contributed by atoms with Crippen LogP contribution in [0.15, 0.2) is 24.3 Å². The standard InChI is InChI=1S/C6H9NO3/c1-4-5(2)10-6(3)7(8)9/h4H,3H2,1-2H3/b5-4-. The average Bonchev–Trinajstić information content (AvgIpc) is 1.87. The van der Waals surface area contributed by atoms with Gasteiger partial charge in [-0.25, -0.2) is 0 Å². The van der Waals surface area contributed by atoms with E-state index in [0.717, 1.165) is 0 Å². The fourth-order valence-corrected chi connectivity index (χ4v) is 0.282. The molecule has 0 aliphatic carbocycles. The summed E-state index contributed by atoms with van der Waals surface area (Å²) in [6.07, 6.45) is 1.62. The normalized spacial score (nSPS) is 10.8. The largest absolute Gasteiger partial charge is 0.425 e. The van der Waals surface area contributed by atoms with E-state index in [4.69, 9.17) is 0 Å². The van der Waals surface area contributed by atoms with Crippen molar-refractivity contribution in [2.45, 2.75) is 13.8 Å². The highest BCUT2D eigenvalue weighted by Gasteiger charge is 2.06. The first-order chi connectivity index (χ1) is 4.57. The molecule has 0 saturated carbocycles. The summed E-state index contributed by atoms with van der Waals surface area (Å²) in [6.45, 7) is 6.42. The van der Waals surface area contributed by atoms with Gasteiger partial charge in [-0.1, -0.05) is 0 Å². The Balaban J connectivity index is 3.93. The summed E-state index contributed by atoms with van der Waals surface area (Å²) in [5.41, 5.74) is 0. The summed E-state index contributed by atoms with van der Waals surface area (Å²) in [5.74, 6) is 0.0253. The van der Waals surface area contributed by atoms with E-state index < -0.39 is 10.8 Å². The van der Waals surface area contributed by atoms with Gasteiger partial charge in [-0.2, -0.15) is 0 Å². The lowest BCUT2D eigenvalue weighted by atomic mass is 10.5. The first kappa shape index (κ1) is 8.68. The van der Waals surface area contributed by atoms with Crippen molar-refractivity contribution in [2.75, 3.05) is 0 Å². The number of allylic oxidation sites excluding steroid dienone is 2. The topological polar surface area (TPSA) is 52.4 Å². The third kappa shape index (κ3) is 2.86. The van der Waals surface area contributed by atoms with Crippen LogP contribution in [-0.2, 0) is 4.74 Å². The van der Waals surface area contributed by atoms with Gasteiger partial charge in [0.1, 0.15) is 10.7 Å². The molecule has 0 aliphatic heterocycles. The zero-order chi connectivity index (χ0) is 8.15. The summed E-state index contributed by atoms with van der Waals surface area (Å²) < 4.78 is 4.63. The minimum absolute atomic E-state index is 0.449. The Morgan fingerprint density at radius 1 is 1.80 bits per heavy atom. The Labute approximate surface area is 59.0 Å². The summed E-state index contributed by atoms with van der Waals surface area (Å²) in [4.78, 5) is 9.23. The molecule has 56 valence electrons. The monoisotopic (exact) mass is 143 g/mol. The van der Waals surface area contributed by atoms with Crippen LogP contribution in [0.1, 0.15) is 13.8 Å². The molecule has 0 spiro atoms. The van der Waals surface area contributed by atoms with Crippen LogP contribution in [0.5, 0.6) is 0 Å². The second-order valence-corrected chi connectivity index (χ2v) is 1.65. The highest BCUT2D eigenvalue weighted by atomic mass is 16.7. The van der Waals surface area contributed by atoms with Crippen LogP contribution in [0.25, 0.3) is 0 Å². The van der Waals surface area contributed by atoms with Crippen molar-refractivity contribution in [3.8, 4) is 0 Å².